The fraction of sp³-hybridized carbons (Fsp3) is 0.941. The molecule has 23 heavy (non-hydrogen) atoms. The Balaban J connectivity index is 0.00000484. The molecular weight excluding hydrogens is 403 g/mol. The van der Waals surface area contributed by atoms with Crippen LogP contribution >= 0.6 is 24.0 Å². The zero-order valence-corrected chi connectivity index (χ0v) is 18.2. The Morgan fingerprint density at radius 3 is 2.35 bits per heavy atom. The summed E-state index contributed by atoms with van der Waals surface area (Å²) in [4.78, 5) is 6.59. The number of nitrogens with zero attached hydrogens (tertiary/aromatic N) is 2. The van der Waals surface area contributed by atoms with Crippen molar-refractivity contribution in [2.75, 3.05) is 54.5 Å². The molecule has 1 aliphatic rings. The Hall–Kier alpha value is -0.0800. The third kappa shape index (κ3) is 8.54. The van der Waals surface area contributed by atoms with Crippen LogP contribution < -0.4 is 10.6 Å². The summed E-state index contributed by atoms with van der Waals surface area (Å²) in [5.74, 6) is 0.913. The summed E-state index contributed by atoms with van der Waals surface area (Å²) in [7, 11) is 7.86. The van der Waals surface area contributed by atoms with Gasteiger partial charge in [0.15, 0.2) is 5.96 Å². The molecule has 0 spiro atoms. The van der Waals surface area contributed by atoms with Crippen LogP contribution in [-0.2, 0) is 4.74 Å². The second-order valence-corrected chi connectivity index (χ2v) is 7.78. The van der Waals surface area contributed by atoms with E-state index in [-0.39, 0.29) is 29.4 Å². The standard InChI is InChI=1S/C17H36N4O.HI/c1-16(2,14-21(4)5)12-19-15(18-3)20-13-17(8-7-9-17)10-11-22-6;/h7-14H2,1-6H3,(H2,18,19,20);1H. The molecule has 0 atom stereocenters. The van der Waals surface area contributed by atoms with Gasteiger partial charge >= 0.3 is 0 Å². The van der Waals surface area contributed by atoms with Crippen LogP contribution in [0.5, 0.6) is 0 Å². The third-order valence-corrected chi connectivity index (χ3v) is 4.58. The summed E-state index contributed by atoms with van der Waals surface area (Å²) in [6.07, 6.45) is 5.08. The predicted octanol–water partition coefficient (Wildman–Crippen LogP) is 2.56. The van der Waals surface area contributed by atoms with Gasteiger partial charge in [0.2, 0.25) is 0 Å². The Morgan fingerprint density at radius 1 is 1.26 bits per heavy atom. The molecule has 2 N–H and O–H groups in total. The molecule has 0 aromatic heterocycles. The fourth-order valence-corrected chi connectivity index (χ4v) is 3.24. The van der Waals surface area contributed by atoms with Crippen molar-refractivity contribution in [3.63, 3.8) is 0 Å². The average molecular weight is 440 g/mol. The van der Waals surface area contributed by atoms with Crippen molar-refractivity contribution < 1.29 is 4.74 Å². The molecule has 1 aliphatic carbocycles. The van der Waals surface area contributed by atoms with Gasteiger partial charge in [-0.15, -0.1) is 24.0 Å². The minimum absolute atomic E-state index is 0. The molecule has 0 unspecified atom stereocenters. The third-order valence-electron chi connectivity index (χ3n) is 4.58. The quantitative estimate of drug-likeness (QED) is 0.329. The first-order valence-electron chi connectivity index (χ1n) is 8.41. The lowest BCUT2D eigenvalue weighted by molar-refractivity contribution is 0.0732. The van der Waals surface area contributed by atoms with Crippen molar-refractivity contribution >= 4 is 29.9 Å². The molecular formula is C17H37IN4O. The van der Waals surface area contributed by atoms with Gasteiger partial charge in [-0.05, 0) is 44.2 Å². The highest BCUT2D eigenvalue weighted by Crippen LogP contribution is 2.43. The molecule has 5 nitrogen and oxygen atoms in total. The van der Waals surface area contributed by atoms with Crippen LogP contribution in [0.25, 0.3) is 0 Å². The number of nitrogens with one attached hydrogen (secondary N) is 2. The molecule has 0 aromatic carbocycles. The normalized spacial score (nSPS) is 17.4. The Labute approximate surface area is 160 Å². The molecule has 0 amide bonds. The topological polar surface area (TPSA) is 48.9 Å². The molecule has 1 rings (SSSR count). The molecule has 0 aromatic rings. The van der Waals surface area contributed by atoms with Crippen LogP contribution in [0.2, 0.25) is 0 Å². The summed E-state index contributed by atoms with van der Waals surface area (Å²) < 4.78 is 5.26. The van der Waals surface area contributed by atoms with Gasteiger partial charge in [0.1, 0.15) is 0 Å². The van der Waals surface area contributed by atoms with Gasteiger partial charge in [-0.3, -0.25) is 4.99 Å². The molecule has 6 heteroatoms. The van der Waals surface area contributed by atoms with Gasteiger partial charge < -0.3 is 20.3 Å². The van der Waals surface area contributed by atoms with Crippen molar-refractivity contribution in [1.82, 2.24) is 15.5 Å². The van der Waals surface area contributed by atoms with Crippen molar-refractivity contribution in [2.24, 2.45) is 15.8 Å². The number of rotatable bonds is 9. The van der Waals surface area contributed by atoms with E-state index in [0.29, 0.717) is 5.41 Å². The lowest BCUT2D eigenvalue weighted by Gasteiger charge is -2.42. The Kier molecular flexibility index (Phi) is 10.7. The number of halogens is 1. The summed E-state index contributed by atoms with van der Waals surface area (Å²) in [6.45, 7) is 8.36. The Bertz CT molecular complexity index is 355. The molecule has 0 saturated heterocycles. The van der Waals surface area contributed by atoms with Gasteiger partial charge in [-0.2, -0.15) is 0 Å². The van der Waals surface area contributed by atoms with Crippen LogP contribution in [0.1, 0.15) is 39.5 Å². The van der Waals surface area contributed by atoms with Crippen molar-refractivity contribution in [3.05, 3.63) is 0 Å². The summed E-state index contributed by atoms with van der Waals surface area (Å²) in [5.41, 5.74) is 0.623. The summed E-state index contributed by atoms with van der Waals surface area (Å²) in [6, 6.07) is 0. The number of guanidine groups is 1. The SMILES string of the molecule is CN=C(NCC(C)(C)CN(C)C)NCC1(CCOC)CCC1.I. The lowest BCUT2D eigenvalue weighted by atomic mass is 9.67. The van der Waals surface area contributed by atoms with Gasteiger partial charge in [-0.25, -0.2) is 0 Å². The minimum atomic E-state index is 0. The van der Waals surface area contributed by atoms with E-state index in [1.165, 1.54) is 19.3 Å². The van der Waals surface area contributed by atoms with Crippen LogP contribution in [-0.4, -0.2) is 65.4 Å². The highest BCUT2D eigenvalue weighted by molar-refractivity contribution is 14.0. The van der Waals surface area contributed by atoms with Gasteiger partial charge in [0.25, 0.3) is 0 Å². The molecule has 0 radical (unpaired) electrons. The first-order chi connectivity index (χ1) is 10.3. The lowest BCUT2D eigenvalue weighted by Crippen LogP contribution is -2.49. The van der Waals surface area contributed by atoms with Crippen molar-refractivity contribution in [2.45, 2.75) is 39.5 Å². The van der Waals surface area contributed by atoms with Gasteiger partial charge in [-0.1, -0.05) is 20.3 Å². The number of aliphatic imine (C=N–C) groups is 1. The van der Waals surface area contributed by atoms with Crippen LogP contribution in [0.15, 0.2) is 4.99 Å². The summed E-state index contributed by atoms with van der Waals surface area (Å²) in [5, 5.41) is 6.99. The van der Waals surface area contributed by atoms with Crippen LogP contribution in [0.3, 0.4) is 0 Å². The first-order valence-corrected chi connectivity index (χ1v) is 8.41. The van der Waals surface area contributed by atoms with E-state index in [1.54, 1.807) is 7.11 Å². The molecule has 1 fully saturated rings. The second kappa shape index (κ2) is 10.7. The van der Waals surface area contributed by atoms with Crippen molar-refractivity contribution in [3.8, 4) is 0 Å². The maximum Gasteiger partial charge on any atom is 0.191 e. The second-order valence-electron chi connectivity index (χ2n) is 7.78. The fourth-order valence-electron chi connectivity index (χ4n) is 3.24. The monoisotopic (exact) mass is 440 g/mol. The van der Waals surface area contributed by atoms with Gasteiger partial charge in [0.05, 0.1) is 0 Å². The maximum atomic E-state index is 5.26. The minimum Gasteiger partial charge on any atom is -0.385 e. The van der Waals surface area contributed by atoms with E-state index < -0.39 is 0 Å². The molecule has 138 valence electrons. The zero-order valence-electron chi connectivity index (χ0n) is 15.9. The van der Waals surface area contributed by atoms with Gasteiger partial charge in [0, 0.05) is 40.4 Å². The number of ether oxygens (including phenoxy) is 1. The van der Waals surface area contributed by atoms with Crippen LogP contribution in [0, 0.1) is 10.8 Å². The molecule has 1 saturated carbocycles. The van der Waals surface area contributed by atoms with E-state index in [0.717, 1.165) is 38.6 Å². The van der Waals surface area contributed by atoms with E-state index in [1.807, 2.05) is 7.05 Å². The smallest absolute Gasteiger partial charge is 0.191 e. The first kappa shape index (κ1) is 22.9. The number of hydrogen-bond donors (Lipinski definition) is 2. The van der Waals surface area contributed by atoms with Crippen molar-refractivity contribution in [1.29, 1.82) is 0 Å². The van der Waals surface area contributed by atoms with E-state index >= 15 is 0 Å². The molecule has 0 heterocycles. The highest BCUT2D eigenvalue weighted by Gasteiger charge is 2.36. The molecule has 0 aliphatic heterocycles. The predicted molar refractivity (Wildman–Crippen MR) is 110 cm³/mol. The number of hydrogen-bond acceptors (Lipinski definition) is 3. The zero-order chi connectivity index (χ0) is 16.6. The van der Waals surface area contributed by atoms with E-state index in [9.17, 15) is 0 Å². The largest absolute Gasteiger partial charge is 0.385 e. The van der Waals surface area contributed by atoms with E-state index in [4.69, 9.17) is 4.74 Å². The van der Waals surface area contributed by atoms with Crippen LogP contribution in [0.4, 0.5) is 0 Å². The summed E-state index contributed by atoms with van der Waals surface area (Å²) >= 11 is 0. The average Bonchev–Trinajstić information content (AvgIpc) is 2.38. The molecule has 0 bridgehead atoms. The number of methoxy groups -OCH3 is 1. The maximum absolute atomic E-state index is 5.26. The highest BCUT2D eigenvalue weighted by atomic mass is 127. The Morgan fingerprint density at radius 2 is 1.91 bits per heavy atom. The van der Waals surface area contributed by atoms with E-state index in [2.05, 4.69) is 48.5 Å².